The van der Waals surface area contributed by atoms with Crippen LogP contribution in [0.5, 0.6) is 17.2 Å². The third kappa shape index (κ3) is 8.09. The summed E-state index contributed by atoms with van der Waals surface area (Å²) < 4.78 is 34.3. The van der Waals surface area contributed by atoms with Crippen molar-refractivity contribution >= 4 is 12.2 Å². The zero-order valence-corrected chi connectivity index (χ0v) is 26.0. The monoisotopic (exact) mass is 682 g/mol. The molecule has 2 aromatic carbocycles. The van der Waals surface area contributed by atoms with Crippen molar-refractivity contribution in [2.45, 2.75) is 106 Å². The highest BCUT2D eigenvalue weighted by atomic mass is 16.8. The lowest BCUT2D eigenvalue weighted by Gasteiger charge is -2.46. The van der Waals surface area contributed by atoms with Gasteiger partial charge < -0.3 is 79.5 Å². The van der Waals surface area contributed by atoms with Gasteiger partial charge in [-0.25, -0.2) is 0 Å². The molecule has 16 heteroatoms. The number of aliphatic hydroxyl groups excluding tert-OH is 8. The van der Waals surface area contributed by atoms with Gasteiger partial charge in [-0.3, -0.25) is 0 Å². The largest absolute Gasteiger partial charge is 0.508 e. The van der Waals surface area contributed by atoms with E-state index in [0.29, 0.717) is 5.56 Å². The van der Waals surface area contributed by atoms with Gasteiger partial charge in [0.25, 0.3) is 0 Å². The second-order valence-electron chi connectivity index (χ2n) is 12.1. The molecule has 16 nitrogen and oxygen atoms in total. The van der Waals surface area contributed by atoms with Crippen LogP contribution in [-0.4, -0.2) is 150 Å². The molecule has 3 heterocycles. The second kappa shape index (κ2) is 15.3. The number of phenols is 2. The van der Waals surface area contributed by atoms with Gasteiger partial charge >= 0.3 is 0 Å². The Hall–Kier alpha value is -2.94. The van der Waals surface area contributed by atoms with E-state index in [9.17, 15) is 51.1 Å². The van der Waals surface area contributed by atoms with Crippen LogP contribution in [0, 0.1) is 0 Å². The van der Waals surface area contributed by atoms with E-state index in [1.165, 1.54) is 44.2 Å². The Bertz CT molecular complexity index is 1370. The van der Waals surface area contributed by atoms with Crippen LogP contribution in [-0.2, 0) is 23.7 Å². The van der Waals surface area contributed by atoms with Gasteiger partial charge in [0, 0.05) is 6.07 Å². The topological polar surface area (TPSA) is 258 Å². The molecule has 2 aromatic rings. The molecule has 266 valence electrons. The number of hydrogen-bond acceptors (Lipinski definition) is 16. The first-order valence-corrected chi connectivity index (χ1v) is 15.4. The predicted molar refractivity (Wildman–Crippen MR) is 162 cm³/mol. The molecule has 0 aliphatic carbocycles. The Morgan fingerprint density at radius 3 is 1.81 bits per heavy atom. The van der Waals surface area contributed by atoms with Crippen molar-refractivity contribution in [1.29, 1.82) is 0 Å². The van der Waals surface area contributed by atoms with Gasteiger partial charge in [0.05, 0.1) is 18.8 Å². The van der Waals surface area contributed by atoms with E-state index in [-0.39, 0.29) is 17.2 Å². The molecule has 0 unspecified atom stereocenters. The van der Waals surface area contributed by atoms with Crippen LogP contribution in [0.3, 0.4) is 0 Å². The van der Waals surface area contributed by atoms with E-state index in [1.54, 1.807) is 24.3 Å². The van der Waals surface area contributed by atoms with Crippen LogP contribution in [0.4, 0.5) is 0 Å². The molecule has 3 aliphatic rings. The number of benzene rings is 2. The van der Waals surface area contributed by atoms with Gasteiger partial charge in [0.1, 0.15) is 72.2 Å². The van der Waals surface area contributed by atoms with E-state index >= 15 is 0 Å². The third-order valence-electron chi connectivity index (χ3n) is 8.50. The average molecular weight is 683 g/mol. The van der Waals surface area contributed by atoms with E-state index in [1.807, 2.05) is 0 Å². The number of hydrogen-bond donors (Lipinski definition) is 10. The van der Waals surface area contributed by atoms with E-state index < -0.39 is 98.7 Å². The van der Waals surface area contributed by atoms with Crippen molar-refractivity contribution in [3.63, 3.8) is 0 Å². The van der Waals surface area contributed by atoms with Gasteiger partial charge in [0.2, 0.25) is 6.29 Å². The van der Waals surface area contributed by atoms with Crippen LogP contribution in [0.2, 0.25) is 0 Å². The summed E-state index contributed by atoms with van der Waals surface area (Å²) in [6.07, 6.45) is -19.2. The maximum Gasteiger partial charge on any atom is 0.229 e. The van der Waals surface area contributed by atoms with Crippen LogP contribution in [0.15, 0.2) is 42.5 Å². The fourth-order valence-electron chi connectivity index (χ4n) is 5.59. The van der Waals surface area contributed by atoms with Gasteiger partial charge in [0.15, 0.2) is 18.7 Å². The summed E-state index contributed by atoms with van der Waals surface area (Å²) >= 11 is 0. The maximum atomic E-state index is 11.2. The first kappa shape index (κ1) is 36.3. The summed E-state index contributed by atoms with van der Waals surface area (Å²) in [4.78, 5) is 0. The first-order chi connectivity index (χ1) is 22.7. The highest BCUT2D eigenvalue weighted by molar-refractivity contribution is 5.71. The minimum Gasteiger partial charge on any atom is -0.508 e. The third-order valence-corrected chi connectivity index (χ3v) is 8.50. The lowest BCUT2D eigenvalue weighted by molar-refractivity contribution is -0.360. The molecule has 0 aromatic heterocycles. The normalized spacial score (nSPS) is 40.6. The Morgan fingerprint density at radius 2 is 1.17 bits per heavy atom. The van der Waals surface area contributed by atoms with Crippen LogP contribution >= 0.6 is 0 Å². The molecule has 3 fully saturated rings. The van der Waals surface area contributed by atoms with E-state index in [4.69, 9.17) is 28.4 Å². The number of phenolic OH excluding ortho intramolecular Hbond substituents is 2. The molecule has 0 amide bonds. The SMILES string of the molecule is C[C@@H]1O[C@@H](OC[C@H]2O[C@@H](Oc3cc(O)cc(/C=C/c4ccc(O)cc4)c3)[C@H](O[C@@H]3O[C@@H](C)[C@H](O)[C@@H](O)[C@H]3O)[C@@H](O)[C@@H]2O)[C@H](O)[C@H](O)[C@H]1O. The Kier molecular flexibility index (Phi) is 11.6. The molecule has 5 rings (SSSR count). The van der Waals surface area contributed by atoms with E-state index in [2.05, 4.69) is 0 Å². The molecular weight excluding hydrogens is 640 g/mol. The fraction of sp³-hybridized carbons (Fsp3) is 0.562. The standard InChI is InChI=1S/C32H42O16/c1-13-21(35)24(38)27(41)30(44-13)43-12-20-23(37)26(40)29(48-31-28(42)25(39)22(36)14(2)45-31)32(47-20)46-19-10-16(9-18(34)11-19)4-3-15-5-7-17(33)8-6-15/h3-11,13-14,20-42H,12H2,1-2H3/b4-3+/t13-,14-,20+,21-,22-,23+,24+,25+,26-,27+,28+,29+,30+,31-,32+/m0/s1. The predicted octanol–water partition coefficient (Wildman–Crippen LogP) is -1.85. The van der Waals surface area contributed by atoms with Gasteiger partial charge in [-0.2, -0.15) is 0 Å². The summed E-state index contributed by atoms with van der Waals surface area (Å²) in [6.45, 7) is 2.37. The number of aliphatic hydroxyl groups is 8. The van der Waals surface area contributed by atoms with Gasteiger partial charge in [-0.15, -0.1) is 0 Å². The number of aromatic hydroxyl groups is 2. The van der Waals surface area contributed by atoms with Crippen molar-refractivity contribution in [1.82, 2.24) is 0 Å². The molecule has 48 heavy (non-hydrogen) atoms. The molecule has 3 saturated heterocycles. The highest BCUT2D eigenvalue weighted by Gasteiger charge is 2.52. The van der Waals surface area contributed by atoms with Crippen molar-refractivity contribution < 1.29 is 79.5 Å². The zero-order chi connectivity index (χ0) is 34.9. The van der Waals surface area contributed by atoms with Gasteiger partial charge in [-0.1, -0.05) is 24.3 Å². The summed E-state index contributed by atoms with van der Waals surface area (Å²) in [5.41, 5.74) is 1.22. The average Bonchev–Trinajstić information content (AvgIpc) is 3.05. The summed E-state index contributed by atoms with van der Waals surface area (Å²) in [5.74, 6) is -0.0878. The number of ether oxygens (including phenoxy) is 6. The van der Waals surface area contributed by atoms with Gasteiger partial charge in [-0.05, 0) is 49.2 Å². The molecule has 15 atom stereocenters. The highest BCUT2D eigenvalue weighted by Crippen LogP contribution is 2.33. The minimum atomic E-state index is -1.80. The van der Waals surface area contributed by atoms with Crippen molar-refractivity contribution in [3.05, 3.63) is 53.6 Å². The van der Waals surface area contributed by atoms with Crippen LogP contribution in [0.25, 0.3) is 12.2 Å². The Morgan fingerprint density at radius 1 is 0.583 bits per heavy atom. The van der Waals surface area contributed by atoms with Crippen LogP contribution < -0.4 is 4.74 Å². The molecule has 0 radical (unpaired) electrons. The second-order valence-corrected chi connectivity index (χ2v) is 12.1. The summed E-state index contributed by atoms with van der Waals surface area (Å²) in [6, 6.07) is 10.6. The fourth-order valence-corrected chi connectivity index (χ4v) is 5.59. The smallest absolute Gasteiger partial charge is 0.229 e. The molecule has 10 N–H and O–H groups in total. The molecule has 0 spiro atoms. The lowest BCUT2D eigenvalue weighted by Crippen LogP contribution is -2.65. The molecular formula is C32H42O16. The van der Waals surface area contributed by atoms with Crippen LogP contribution in [0.1, 0.15) is 25.0 Å². The quantitative estimate of drug-likeness (QED) is 0.130. The molecule has 0 bridgehead atoms. The van der Waals surface area contributed by atoms with Crippen molar-refractivity contribution in [2.75, 3.05) is 6.61 Å². The Balaban J connectivity index is 1.37. The summed E-state index contributed by atoms with van der Waals surface area (Å²) in [7, 11) is 0. The zero-order valence-electron chi connectivity index (χ0n) is 26.0. The first-order valence-electron chi connectivity index (χ1n) is 15.4. The lowest BCUT2D eigenvalue weighted by atomic mass is 9.97. The molecule has 3 aliphatic heterocycles. The van der Waals surface area contributed by atoms with E-state index in [0.717, 1.165) is 5.56 Å². The van der Waals surface area contributed by atoms with Crippen molar-refractivity contribution in [2.24, 2.45) is 0 Å². The van der Waals surface area contributed by atoms with Crippen molar-refractivity contribution in [3.8, 4) is 17.2 Å². The minimum absolute atomic E-state index is 0.0214. The summed E-state index contributed by atoms with van der Waals surface area (Å²) in [5, 5.41) is 104. The Labute approximate surface area is 275 Å². The number of rotatable bonds is 9. The molecule has 0 saturated carbocycles. The maximum absolute atomic E-state index is 11.2.